The average molecular weight is 495 g/mol. The molecular weight excluding hydrogens is 472 g/mol. The highest BCUT2D eigenvalue weighted by molar-refractivity contribution is 9.08. The second-order valence-corrected chi connectivity index (χ2v) is 6.50. The van der Waals surface area contributed by atoms with E-state index in [1.165, 1.54) is 40.6 Å². The van der Waals surface area contributed by atoms with Crippen LogP contribution in [-0.2, 0) is 24.3 Å². The fourth-order valence-corrected chi connectivity index (χ4v) is 3.12. The molecule has 8 nitrogen and oxygen atoms in total. The van der Waals surface area contributed by atoms with Crippen molar-refractivity contribution in [1.82, 2.24) is 0 Å². The molecule has 0 fully saturated rings. The van der Waals surface area contributed by atoms with Crippen molar-refractivity contribution in [3.63, 3.8) is 0 Å². The number of carbonyl (C=O) groups is 4. The van der Waals surface area contributed by atoms with Gasteiger partial charge in [0, 0.05) is 5.33 Å². The van der Waals surface area contributed by atoms with E-state index in [0.717, 1.165) is 0 Å². The van der Waals surface area contributed by atoms with E-state index >= 15 is 0 Å². The average Bonchev–Trinajstić information content (AvgIpc) is 2.81. The van der Waals surface area contributed by atoms with Crippen LogP contribution in [0.4, 0.5) is 0 Å². The normalized spacial score (nSPS) is 9.61. The quantitative estimate of drug-likeness (QED) is 0.351. The minimum atomic E-state index is -0.553. The van der Waals surface area contributed by atoms with Gasteiger partial charge in [0.25, 0.3) is 0 Å². The summed E-state index contributed by atoms with van der Waals surface area (Å²) in [4.78, 5) is 45.9. The van der Waals surface area contributed by atoms with E-state index in [-0.39, 0.29) is 22.3 Å². The van der Waals surface area contributed by atoms with E-state index in [0.29, 0.717) is 16.5 Å². The molecule has 0 atom stereocenters. The SMILES string of the molecule is COC(=O)c1cccc(C)c1C(=O)OC.COC(=O)c1cccc(CBr)c1C(=O)OC. The zero-order chi connectivity index (χ0) is 23.6. The second kappa shape index (κ2) is 12.5. The zero-order valence-electron chi connectivity index (χ0n) is 17.8. The van der Waals surface area contributed by atoms with Crippen LogP contribution in [-0.4, -0.2) is 52.3 Å². The summed E-state index contributed by atoms with van der Waals surface area (Å²) in [6, 6.07) is 9.92. The highest BCUT2D eigenvalue weighted by Gasteiger charge is 2.21. The van der Waals surface area contributed by atoms with Crippen LogP contribution in [0.25, 0.3) is 0 Å². The van der Waals surface area contributed by atoms with Crippen molar-refractivity contribution in [3.05, 3.63) is 69.8 Å². The van der Waals surface area contributed by atoms with Gasteiger partial charge in [0.2, 0.25) is 0 Å². The Morgan fingerprint density at radius 2 is 1.10 bits per heavy atom. The molecule has 0 amide bonds. The molecule has 0 aliphatic heterocycles. The number of aryl methyl sites for hydroxylation is 1. The summed E-state index contributed by atoms with van der Waals surface area (Å²) in [6.45, 7) is 1.73. The summed E-state index contributed by atoms with van der Waals surface area (Å²) < 4.78 is 18.4. The molecule has 0 aromatic heterocycles. The minimum absolute atomic E-state index is 0.214. The second-order valence-electron chi connectivity index (χ2n) is 5.94. The van der Waals surface area contributed by atoms with Gasteiger partial charge in [0.15, 0.2) is 0 Å². The Kier molecular flexibility index (Phi) is 10.4. The molecule has 166 valence electrons. The van der Waals surface area contributed by atoms with Crippen LogP contribution in [0.15, 0.2) is 36.4 Å². The molecule has 0 saturated heterocycles. The van der Waals surface area contributed by atoms with Crippen LogP contribution in [0.2, 0.25) is 0 Å². The van der Waals surface area contributed by atoms with Crippen LogP contribution in [0, 0.1) is 6.92 Å². The third-order valence-electron chi connectivity index (χ3n) is 4.16. The monoisotopic (exact) mass is 494 g/mol. The Morgan fingerprint density at radius 1 is 0.677 bits per heavy atom. The number of hydrogen-bond donors (Lipinski definition) is 0. The topological polar surface area (TPSA) is 105 Å². The van der Waals surface area contributed by atoms with Gasteiger partial charge in [0.05, 0.1) is 50.7 Å². The van der Waals surface area contributed by atoms with Crippen LogP contribution in [0.1, 0.15) is 52.6 Å². The molecule has 0 radical (unpaired) electrons. The summed E-state index contributed by atoms with van der Waals surface area (Å²) in [5, 5.41) is 0.461. The van der Waals surface area contributed by atoms with E-state index in [4.69, 9.17) is 0 Å². The summed E-state index contributed by atoms with van der Waals surface area (Å²) in [5.74, 6) is -2.17. The molecule has 0 saturated carbocycles. The molecule has 2 rings (SSSR count). The standard InChI is InChI=1S/C11H11BrO4.C11H12O4/c1-15-10(13)8-5-3-4-7(6-12)9(8)11(14)16-2;1-7-5-4-6-8(10(12)14-2)9(7)11(13)15-3/h3-5H,6H2,1-2H3;4-6H,1-3H3. The van der Waals surface area contributed by atoms with E-state index in [1.807, 2.05) is 0 Å². The Morgan fingerprint density at radius 3 is 1.55 bits per heavy atom. The lowest BCUT2D eigenvalue weighted by Gasteiger charge is -2.09. The summed E-state index contributed by atoms with van der Waals surface area (Å²) >= 11 is 3.25. The molecule has 0 bridgehead atoms. The van der Waals surface area contributed by atoms with Crippen molar-refractivity contribution in [2.24, 2.45) is 0 Å². The number of hydrogen-bond acceptors (Lipinski definition) is 8. The number of ether oxygens (including phenoxy) is 4. The van der Waals surface area contributed by atoms with Gasteiger partial charge in [0.1, 0.15) is 0 Å². The lowest BCUT2D eigenvalue weighted by molar-refractivity contribution is 0.0554. The van der Waals surface area contributed by atoms with Crippen LogP contribution < -0.4 is 0 Å². The first-order chi connectivity index (χ1) is 14.8. The number of rotatable bonds is 5. The fourth-order valence-electron chi connectivity index (χ4n) is 2.66. The Labute approximate surface area is 188 Å². The molecule has 2 aromatic rings. The molecule has 0 N–H and O–H groups in total. The number of alkyl halides is 1. The van der Waals surface area contributed by atoms with Gasteiger partial charge in [-0.1, -0.05) is 40.2 Å². The maximum absolute atomic E-state index is 11.6. The molecule has 0 aliphatic rings. The van der Waals surface area contributed by atoms with Crippen LogP contribution in [0.3, 0.4) is 0 Å². The highest BCUT2D eigenvalue weighted by Crippen LogP contribution is 2.19. The van der Waals surface area contributed by atoms with Crippen molar-refractivity contribution in [2.75, 3.05) is 28.4 Å². The predicted octanol–water partition coefficient (Wildman–Crippen LogP) is 3.72. The third-order valence-corrected chi connectivity index (χ3v) is 4.76. The maximum atomic E-state index is 11.6. The van der Waals surface area contributed by atoms with Gasteiger partial charge in [-0.2, -0.15) is 0 Å². The molecular formula is C22H23BrO8. The molecule has 0 aliphatic carbocycles. The van der Waals surface area contributed by atoms with Gasteiger partial charge in [-0.3, -0.25) is 0 Å². The van der Waals surface area contributed by atoms with Gasteiger partial charge in [-0.05, 0) is 30.2 Å². The minimum Gasteiger partial charge on any atom is -0.465 e. The van der Waals surface area contributed by atoms with E-state index < -0.39 is 23.9 Å². The van der Waals surface area contributed by atoms with Gasteiger partial charge in [-0.25, -0.2) is 19.2 Å². The number of halogens is 1. The van der Waals surface area contributed by atoms with Crippen LogP contribution >= 0.6 is 15.9 Å². The molecule has 2 aromatic carbocycles. The molecule has 31 heavy (non-hydrogen) atoms. The number of esters is 4. The van der Waals surface area contributed by atoms with Crippen molar-refractivity contribution in [3.8, 4) is 0 Å². The van der Waals surface area contributed by atoms with E-state index in [9.17, 15) is 19.2 Å². The van der Waals surface area contributed by atoms with Crippen molar-refractivity contribution >= 4 is 39.8 Å². The van der Waals surface area contributed by atoms with Crippen LogP contribution in [0.5, 0.6) is 0 Å². The summed E-state index contributed by atoms with van der Waals surface area (Å²) in [5.41, 5.74) is 2.32. The third kappa shape index (κ3) is 6.39. The van der Waals surface area contributed by atoms with Crippen molar-refractivity contribution in [2.45, 2.75) is 12.3 Å². The zero-order valence-corrected chi connectivity index (χ0v) is 19.4. The first kappa shape index (κ1) is 25.8. The Bertz CT molecular complexity index is 968. The first-order valence-corrected chi connectivity index (χ1v) is 10.00. The predicted molar refractivity (Wildman–Crippen MR) is 116 cm³/mol. The molecule has 0 unspecified atom stereocenters. The lowest BCUT2D eigenvalue weighted by Crippen LogP contribution is -2.14. The van der Waals surface area contributed by atoms with Crippen molar-refractivity contribution < 1.29 is 38.1 Å². The number of methoxy groups -OCH3 is 4. The summed E-state index contributed by atoms with van der Waals surface area (Å²) in [7, 11) is 5.08. The Hall–Kier alpha value is -3.20. The fraction of sp³-hybridized carbons (Fsp3) is 0.273. The smallest absolute Gasteiger partial charge is 0.339 e. The van der Waals surface area contributed by atoms with Gasteiger partial charge in [-0.15, -0.1) is 0 Å². The van der Waals surface area contributed by atoms with E-state index in [1.54, 1.807) is 31.2 Å². The highest BCUT2D eigenvalue weighted by atomic mass is 79.9. The van der Waals surface area contributed by atoms with Gasteiger partial charge >= 0.3 is 23.9 Å². The largest absolute Gasteiger partial charge is 0.465 e. The maximum Gasteiger partial charge on any atom is 0.339 e. The Balaban J connectivity index is 0.000000311. The number of carbonyl (C=O) groups excluding carboxylic acids is 4. The van der Waals surface area contributed by atoms with Gasteiger partial charge < -0.3 is 18.9 Å². The first-order valence-electron chi connectivity index (χ1n) is 8.87. The number of benzene rings is 2. The molecule has 0 spiro atoms. The summed E-state index contributed by atoms with van der Waals surface area (Å²) in [6.07, 6.45) is 0. The lowest BCUT2D eigenvalue weighted by atomic mass is 10.0. The molecule has 9 heteroatoms. The molecule has 0 heterocycles. The van der Waals surface area contributed by atoms with E-state index in [2.05, 4.69) is 34.9 Å². The van der Waals surface area contributed by atoms with Crippen molar-refractivity contribution in [1.29, 1.82) is 0 Å².